The smallest absolute Gasteiger partial charge is 0.378 e. The van der Waals surface area contributed by atoms with Crippen molar-refractivity contribution in [3.05, 3.63) is 85.7 Å². The van der Waals surface area contributed by atoms with Gasteiger partial charge in [0.15, 0.2) is 0 Å². The van der Waals surface area contributed by atoms with Crippen LogP contribution in [0.2, 0.25) is 0 Å². The summed E-state index contributed by atoms with van der Waals surface area (Å²) in [7, 11) is 0. The molecule has 9 nitrogen and oxygen atoms in total. The van der Waals surface area contributed by atoms with Gasteiger partial charge in [-0.15, -0.1) is 0 Å². The molecule has 2 aromatic carbocycles. The van der Waals surface area contributed by atoms with Crippen molar-refractivity contribution in [2.75, 3.05) is 6.61 Å². The lowest BCUT2D eigenvalue weighted by Gasteiger charge is -2.17. The molecule has 0 bridgehead atoms. The highest BCUT2D eigenvalue weighted by Crippen LogP contribution is 2.24. The lowest BCUT2D eigenvalue weighted by Crippen LogP contribution is -2.53. The van der Waals surface area contributed by atoms with E-state index in [1.165, 1.54) is 6.92 Å². The molecular formula is C26H30F2N4O5. The van der Waals surface area contributed by atoms with Crippen LogP contribution in [-0.4, -0.2) is 38.7 Å². The van der Waals surface area contributed by atoms with Crippen molar-refractivity contribution in [2.24, 2.45) is 4.99 Å². The first-order valence-electron chi connectivity index (χ1n) is 11.8. The Morgan fingerprint density at radius 2 is 1.76 bits per heavy atom. The van der Waals surface area contributed by atoms with E-state index in [-0.39, 0.29) is 29.4 Å². The van der Waals surface area contributed by atoms with Gasteiger partial charge in [0, 0.05) is 0 Å². The van der Waals surface area contributed by atoms with E-state index in [1.54, 1.807) is 30.3 Å². The number of benzene rings is 2. The molecule has 11 heteroatoms. The van der Waals surface area contributed by atoms with E-state index in [0.717, 1.165) is 15.7 Å². The Labute approximate surface area is 212 Å². The minimum Gasteiger partial charge on any atom is -0.491 e. The second kappa shape index (κ2) is 11.4. The summed E-state index contributed by atoms with van der Waals surface area (Å²) in [5, 5.41) is 0. The van der Waals surface area contributed by atoms with Crippen LogP contribution >= 0.6 is 0 Å². The third kappa shape index (κ3) is 6.81. The number of aryl methyl sites for hydroxylation is 2. The molecule has 0 saturated carbocycles. The Morgan fingerprint density at radius 1 is 1.08 bits per heavy atom. The lowest BCUT2D eigenvalue weighted by molar-refractivity contribution is -0.173. The highest BCUT2D eigenvalue weighted by atomic mass is 19.3. The van der Waals surface area contributed by atoms with Gasteiger partial charge >= 0.3 is 23.3 Å². The second-order valence-electron chi connectivity index (χ2n) is 8.85. The number of alkyl halides is 2. The van der Waals surface area contributed by atoms with Gasteiger partial charge in [0.1, 0.15) is 12.3 Å². The van der Waals surface area contributed by atoms with E-state index in [0.29, 0.717) is 17.0 Å². The van der Waals surface area contributed by atoms with Crippen molar-refractivity contribution in [2.45, 2.75) is 59.7 Å². The molecule has 0 aliphatic rings. The molecule has 1 aromatic heterocycles. The Morgan fingerprint density at radius 3 is 2.35 bits per heavy atom. The number of aromatic nitrogens is 3. The number of halogens is 2. The van der Waals surface area contributed by atoms with Gasteiger partial charge in [-0.2, -0.15) is 8.78 Å². The SMILES string of the molecule is CCOC(=O)C(F)(F)Cn1c(=O)[nH]/c(=N\c2ccc(OC(C)C)c(C)c2)n(Cc2ccc(C)cc2)c1=O. The number of nitrogens with zero attached hydrogens (tertiary/aromatic N) is 3. The average molecular weight is 517 g/mol. The van der Waals surface area contributed by atoms with Crippen LogP contribution in [0.25, 0.3) is 0 Å². The number of rotatable bonds is 9. The van der Waals surface area contributed by atoms with Crippen LogP contribution < -0.4 is 21.7 Å². The molecule has 0 aliphatic heterocycles. The summed E-state index contributed by atoms with van der Waals surface area (Å²) >= 11 is 0. The minimum atomic E-state index is -4.09. The number of esters is 1. The topological polar surface area (TPSA) is 108 Å². The van der Waals surface area contributed by atoms with Crippen molar-refractivity contribution in [1.29, 1.82) is 0 Å². The Balaban J connectivity index is 2.16. The zero-order valence-electron chi connectivity index (χ0n) is 21.4. The van der Waals surface area contributed by atoms with E-state index in [4.69, 9.17) is 4.74 Å². The third-order valence-corrected chi connectivity index (χ3v) is 5.33. The molecule has 3 rings (SSSR count). The molecule has 3 aromatic rings. The molecule has 0 radical (unpaired) electrons. The Bertz CT molecular complexity index is 1450. The normalized spacial score (nSPS) is 12.2. The zero-order chi connectivity index (χ0) is 27.3. The number of carbonyl (C=O) groups is 1. The van der Waals surface area contributed by atoms with Crippen LogP contribution in [-0.2, 0) is 22.6 Å². The molecular weight excluding hydrogens is 486 g/mol. The van der Waals surface area contributed by atoms with Crippen molar-refractivity contribution in [1.82, 2.24) is 14.1 Å². The maximum absolute atomic E-state index is 14.4. The second-order valence-corrected chi connectivity index (χ2v) is 8.85. The first-order chi connectivity index (χ1) is 17.4. The van der Waals surface area contributed by atoms with Crippen LogP contribution in [0.4, 0.5) is 14.5 Å². The molecule has 0 fully saturated rings. The van der Waals surface area contributed by atoms with E-state index in [1.807, 2.05) is 39.8 Å². The van der Waals surface area contributed by atoms with Crippen LogP contribution in [0.5, 0.6) is 5.75 Å². The van der Waals surface area contributed by atoms with Crippen LogP contribution in [0.15, 0.2) is 57.0 Å². The molecule has 1 N–H and O–H groups in total. The highest BCUT2D eigenvalue weighted by molar-refractivity contribution is 5.77. The van der Waals surface area contributed by atoms with Crippen molar-refractivity contribution < 1.29 is 23.0 Å². The summed E-state index contributed by atoms with van der Waals surface area (Å²) in [4.78, 5) is 44.6. The van der Waals surface area contributed by atoms with Crippen molar-refractivity contribution >= 4 is 11.7 Å². The number of hydrogen-bond donors (Lipinski definition) is 1. The van der Waals surface area contributed by atoms with E-state index >= 15 is 0 Å². The van der Waals surface area contributed by atoms with Crippen LogP contribution in [0, 0.1) is 13.8 Å². The van der Waals surface area contributed by atoms with Gasteiger partial charge in [-0.25, -0.2) is 23.9 Å². The maximum Gasteiger partial charge on any atom is 0.378 e. The van der Waals surface area contributed by atoms with E-state index in [9.17, 15) is 23.2 Å². The zero-order valence-corrected chi connectivity index (χ0v) is 21.4. The monoisotopic (exact) mass is 516 g/mol. The molecule has 198 valence electrons. The van der Waals surface area contributed by atoms with Crippen LogP contribution in [0.1, 0.15) is 37.5 Å². The van der Waals surface area contributed by atoms with Crippen LogP contribution in [0.3, 0.4) is 0 Å². The van der Waals surface area contributed by atoms with Gasteiger partial charge in [0.25, 0.3) is 0 Å². The van der Waals surface area contributed by atoms with Crippen molar-refractivity contribution in [3.8, 4) is 5.75 Å². The predicted octanol–water partition coefficient (Wildman–Crippen LogP) is 3.22. The highest BCUT2D eigenvalue weighted by Gasteiger charge is 2.42. The largest absolute Gasteiger partial charge is 0.491 e. The van der Waals surface area contributed by atoms with E-state index in [2.05, 4.69) is 14.7 Å². The minimum absolute atomic E-state index is 0.0326. The number of carbonyl (C=O) groups excluding carboxylic acids is 1. The van der Waals surface area contributed by atoms with E-state index < -0.39 is 29.8 Å². The average Bonchev–Trinajstić information content (AvgIpc) is 2.82. The lowest BCUT2D eigenvalue weighted by atomic mass is 10.1. The fraction of sp³-hybridized carbons (Fsp3) is 0.385. The standard InChI is InChI=1S/C26H30F2N4O5/c1-6-36-22(33)26(27,28)15-32-24(34)30-23(29-20-11-12-21(18(5)13-20)37-16(2)3)31(25(32)35)14-19-9-7-17(4)8-10-19/h7-13,16H,6,14-15H2,1-5H3,(H,29,30,34). The molecule has 0 atom stereocenters. The summed E-state index contributed by atoms with van der Waals surface area (Å²) in [5.74, 6) is -5.25. The fourth-order valence-electron chi connectivity index (χ4n) is 3.51. The Hall–Kier alpha value is -4.02. The predicted molar refractivity (Wildman–Crippen MR) is 133 cm³/mol. The van der Waals surface area contributed by atoms with Gasteiger partial charge in [-0.1, -0.05) is 29.8 Å². The fourth-order valence-corrected chi connectivity index (χ4v) is 3.51. The number of aromatic amines is 1. The summed E-state index contributed by atoms with van der Waals surface area (Å²) in [6.45, 7) is 7.09. The summed E-state index contributed by atoms with van der Waals surface area (Å²) < 4.78 is 40.3. The Kier molecular flexibility index (Phi) is 8.46. The molecule has 0 saturated heterocycles. The van der Waals surface area contributed by atoms with Gasteiger partial charge < -0.3 is 9.47 Å². The first-order valence-corrected chi connectivity index (χ1v) is 11.8. The van der Waals surface area contributed by atoms with Gasteiger partial charge in [0.05, 0.1) is 24.9 Å². The number of ether oxygens (including phenoxy) is 2. The first kappa shape index (κ1) is 27.6. The van der Waals surface area contributed by atoms with Gasteiger partial charge in [-0.3, -0.25) is 9.55 Å². The number of hydrogen-bond acceptors (Lipinski definition) is 6. The number of H-pyrrole nitrogens is 1. The molecule has 1 heterocycles. The summed E-state index contributed by atoms with van der Waals surface area (Å²) in [6, 6.07) is 12.3. The molecule has 0 amide bonds. The molecule has 0 spiro atoms. The maximum atomic E-state index is 14.4. The number of nitrogens with one attached hydrogen (secondary N) is 1. The quantitative estimate of drug-likeness (QED) is 0.440. The van der Waals surface area contributed by atoms with Gasteiger partial charge in [-0.05, 0) is 63.9 Å². The molecule has 37 heavy (non-hydrogen) atoms. The summed E-state index contributed by atoms with van der Waals surface area (Å²) in [5.41, 5.74) is 0.541. The third-order valence-electron chi connectivity index (χ3n) is 5.33. The van der Waals surface area contributed by atoms with Gasteiger partial charge in [0.2, 0.25) is 5.62 Å². The molecule has 0 unspecified atom stereocenters. The summed E-state index contributed by atoms with van der Waals surface area (Å²) in [6.07, 6.45) is -0.0326. The van der Waals surface area contributed by atoms with Crippen molar-refractivity contribution in [3.63, 3.8) is 0 Å². The molecule has 0 aliphatic carbocycles.